The molecule has 0 aliphatic heterocycles. The molecule has 1 heterocycles. The van der Waals surface area contributed by atoms with E-state index in [1.54, 1.807) is 0 Å². The number of aliphatic hydroxyl groups excluding tert-OH is 1. The van der Waals surface area contributed by atoms with Crippen molar-refractivity contribution in [3.8, 4) is 0 Å². The van der Waals surface area contributed by atoms with Crippen molar-refractivity contribution in [3.63, 3.8) is 0 Å². The molecule has 2 N–H and O–H groups in total. The van der Waals surface area contributed by atoms with E-state index in [-0.39, 0.29) is 6.10 Å². The van der Waals surface area contributed by atoms with Crippen LogP contribution in [0.4, 0.5) is 0 Å². The number of hydrogen-bond donors (Lipinski definition) is 2. The highest BCUT2D eigenvalue weighted by Gasteiger charge is 2.22. The summed E-state index contributed by atoms with van der Waals surface area (Å²) >= 11 is 0. The van der Waals surface area contributed by atoms with Gasteiger partial charge in [0.25, 0.3) is 0 Å². The zero-order valence-electron chi connectivity index (χ0n) is 11.5. The maximum Gasteiger partial charge on any atom is 0.0597 e. The molecule has 0 radical (unpaired) electrons. The van der Waals surface area contributed by atoms with E-state index in [0.29, 0.717) is 5.92 Å². The van der Waals surface area contributed by atoms with E-state index in [1.807, 2.05) is 11.6 Å². The van der Waals surface area contributed by atoms with Gasteiger partial charge in [0.2, 0.25) is 0 Å². The van der Waals surface area contributed by atoms with Crippen LogP contribution in [0.2, 0.25) is 0 Å². The van der Waals surface area contributed by atoms with Gasteiger partial charge in [-0.1, -0.05) is 12.8 Å². The van der Waals surface area contributed by atoms with Gasteiger partial charge < -0.3 is 10.4 Å². The first-order valence-corrected chi connectivity index (χ1v) is 7.12. The third-order valence-corrected chi connectivity index (χ3v) is 3.87. The fraction of sp³-hybridized carbons (Fsp3) is 0.786. The predicted octanol–water partition coefficient (Wildman–Crippen LogP) is 1.85. The molecule has 4 nitrogen and oxygen atoms in total. The Morgan fingerprint density at radius 1 is 1.44 bits per heavy atom. The number of aromatic nitrogens is 2. The molecule has 2 rings (SSSR count). The molecule has 0 amide bonds. The predicted molar refractivity (Wildman–Crippen MR) is 72.3 cm³/mol. The second-order valence-electron chi connectivity index (χ2n) is 5.34. The number of aryl methyl sites for hydroxylation is 2. The lowest BCUT2D eigenvalue weighted by atomic mass is 9.86. The van der Waals surface area contributed by atoms with E-state index >= 15 is 0 Å². The van der Waals surface area contributed by atoms with Crippen molar-refractivity contribution < 1.29 is 5.11 Å². The van der Waals surface area contributed by atoms with Crippen molar-refractivity contribution in [3.05, 3.63) is 17.5 Å². The molecule has 4 heteroatoms. The van der Waals surface area contributed by atoms with E-state index in [1.165, 1.54) is 18.5 Å². The first-order valence-electron chi connectivity index (χ1n) is 7.12. The molecule has 102 valence electrons. The van der Waals surface area contributed by atoms with Crippen LogP contribution in [-0.4, -0.2) is 27.5 Å². The summed E-state index contributed by atoms with van der Waals surface area (Å²) in [5.74, 6) is 0.429. The van der Waals surface area contributed by atoms with Gasteiger partial charge in [-0.3, -0.25) is 4.68 Å². The molecule has 0 spiro atoms. The summed E-state index contributed by atoms with van der Waals surface area (Å²) in [6, 6.07) is 2.13. The Morgan fingerprint density at radius 3 is 2.94 bits per heavy atom. The first-order chi connectivity index (χ1) is 8.70. The Kier molecular flexibility index (Phi) is 4.78. The maximum absolute atomic E-state index is 9.91. The highest BCUT2D eigenvalue weighted by atomic mass is 16.3. The highest BCUT2D eigenvalue weighted by Crippen LogP contribution is 2.23. The Morgan fingerprint density at radius 2 is 2.22 bits per heavy atom. The van der Waals surface area contributed by atoms with Crippen LogP contribution in [-0.2, 0) is 13.1 Å². The minimum absolute atomic E-state index is 0.107. The second-order valence-corrected chi connectivity index (χ2v) is 5.34. The Labute approximate surface area is 109 Å². The average Bonchev–Trinajstić information content (AvgIpc) is 2.72. The summed E-state index contributed by atoms with van der Waals surface area (Å²) in [6.07, 6.45) is 4.46. The summed E-state index contributed by atoms with van der Waals surface area (Å²) in [6.45, 7) is 6.81. The van der Waals surface area contributed by atoms with Gasteiger partial charge in [-0.2, -0.15) is 5.10 Å². The van der Waals surface area contributed by atoms with Crippen LogP contribution in [0.1, 0.15) is 44.0 Å². The topological polar surface area (TPSA) is 50.1 Å². The highest BCUT2D eigenvalue weighted by molar-refractivity contribution is 5.08. The van der Waals surface area contributed by atoms with E-state index < -0.39 is 0 Å². The maximum atomic E-state index is 9.91. The number of rotatable bonds is 5. The van der Waals surface area contributed by atoms with Crippen molar-refractivity contribution in [2.24, 2.45) is 5.92 Å². The normalized spacial score (nSPS) is 24.4. The van der Waals surface area contributed by atoms with Crippen LogP contribution < -0.4 is 5.32 Å². The lowest BCUT2D eigenvalue weighted by Crippen LogP contribution is -2.33. The van der Waals surface area contributed by atoms with E-state index in [2.05, 4.69) is 23.4 Å². The van der Waals surface area contributed by atoms with Crippen LogP contribution in [0, 0.1) is 12.8 Å². The Bertz CT molecular complexity index is 375. The molecule has 2 atom stereocenters. The molecule has 2 unspecified atom stereocenters. The van der Waals surface area contributed by atoms with Gasteiger partial charge in [-0.25, -0.2) is 0 Å². The molecule has 18 heavy (non-hydrogen) atoms. The Hall–Kier alpha value is -0.870. The van der Waals surface area contributed by atoms with Crippen LogP contribution in [0.25, 0.3) is 0 Å². The van der Waals surface area contributed by atoms with Crippen molar-refractivity contribution in [2.45, 2.75) is 58.7 Å². The first kappa shape index (κ1) is 13.6. The lowest BCUT2D eigenvalue weighted by Gasteiger charge is -2.27. The minimum atomic E-state index is -0.107. The van der Waals surface area contributed by atoms with Crippen LogP contribution in [0.5, 0.6) is 0 Å². The second kappa shape index (κ2) is 6.34. The third kappa shape index (κ3) is 3.33. The molecule has 0 aromatic carbocycles. The molecule has 1 saturated carbocycles. The van der Waals surface area contributed by atoms with Gasteiger partial charge in [0.05, 0.1) is 17.5 Å². The van der Waals surface area contributed by atoms with Gasteiger partial charge in [-0.15, -0.1) is 0 Å². The monoisotopic (exact) mass is 251 g/mol. The fourth-order valence-corrected chi connectivity index (χ4v) is 2.83. The Balaban J connectivity index is 1.80. The van der Waals surface area contributed by atoms with Crippen LogP contribution in [0.15, 0.2) is 6.07 Å². The smallest absolute Gasteiger partial charge is 0.0597 e. The summed E-state index contributed by atoms with van der Waals surface area (Å²) in [5, 5.41) is 17.8. The molecule has 1 aromatic rings. The van der Waals surface area contributed by atoms with Crippen molar-refractivity contribution in [2.75, 3.05) is 6.54 Å². The summed E-state index contributed by atoms with van der Waals surface area (Å²) in [4.78, 5) is 0. The largest absolute Gasteiger partial charge is 0.393 e. The van der Waals surface area contributed by atoms with Gasteiger partial charge in [0.15, 0.2) is 0 Å². The number of hydrogen-bond acceptors (Lipinski definition) is 3. The molecular formula is C14H25N3O. The zero-order chi connectivity index (χ0) is 13.0. The van der Waals surface area contributed by atoms with Crippen LogP contribution in [0.3, 0.4) is 0 Å². The van der Waals surface area contributed by atoms with Gasteiger partial charge in [0.1, 0.15) is 0 Å². The molecule has 1 aromatic heterocycles. The van der Waals surface area contributed by atoms with Gasteiger partial charge in [-0.05, 0) is 38.7 Å². The molecule has 1 aliphatic carbocycles. The van der Waals surface area contributed by atoms with Gasteiger partial charge in [0, 0.05) is 19.6 Å². The van der Waals surface area contributed by atoms with Crippen LogP contribution >= 0.6 is 0 Å². The van der Waals surface area contributed by atoms with E-state index in [4.69, 9.17) is 0 Å². The molecule has 1 aliphatic rings. The molecular weight excluding hydrogens is 226 g/mol. The quantitative estimate of drug-likeness (QED) is 0.839. The number of nitrogens with one attached hydrogen (secondary N) is 1. The summed E-state index contributed by atoms with van der Waals surface area (Å²) in [5.41, 5.74) is 2.31. The summed E-state index contributed by atoms with van der Waals surface area (Å²) in [7, 11) is 0. The van der Waals surface area contributed by atoms with E-state index in [9.17, 15) is 5.11 Å². The molecule has 1 fully saturated rings. The lowest BCUT2D eigenvalue weighted by molar-refractivity contribution is 0.0694. The SMILES string of the molecule is CCn1nc(C)cc1CNCC1CCCCC1O. The van der Waals surface area contributed by atoms with Crippen molar-refractivity contribution >= 4 is 0 Å². The number of nitrogens with zero attached hydrogens (tertiary/aromatic N) is 2. The standard InChI is InChI=1S/C14H25N3O/c1-3-17-13(8-11(2)16-17)10-15-9-12-6-4-5-7-14(12)18/h8,12,14-15,18H,3-7,9-10H2,1-2H3. The van der Waals surface area contributed by atoms with Crippen molar-refractivity contribution in [1.82, 2.24) is 15.1 Å². The molecule has 0 bridgehead atoms. The van der Waals surface area contributed by atoms with E-state index in [0.717, 1.165) is 38.2 Å². The number of aliphatic hydroxyl groups is 1. The molecule has 0 saturated heterocycles. The zero-order valence-corrected chi connectivity index (χ0v) is 11.5. The fourth-order valence-electron chi connectivity index (χ4n) is 2.83. The van der Waals surface area contributed by atoms with Crippen molar-refractivity contribution in [1.29, 1.82) is 0 Å². The average molecular weight is 251 g/mol. The van der Waals surface area contributed by atoms with Gasteiger partial charge >= 0.3 is 0 Å². The minimum Gasteiger partial charge on any atom is -0.393 e. The third-order valence-electron chi connectivity index (χ3n) is 3.87. The summed E-state index contributed by atoms with van der Waals surface area (Å²) < 4.78 is 2.04.